The van der Waals surface area contributed by atoms with Crippen molar-refractivity contribution in [2.75, 3.05) is 11.9 Å². The molecule has 0 aliphatic carbocycles. The number of anilines is 1. The molecule has 1 aromatic rings. The van der Waals surface area contributed by atoms with Crippen molar-refractivity contribution in [3.05, 3.63) is 29.8 Å². The lowest BCUT2D eigenvalue weighted by Crippen LogP contribution is -2.17. The zero-order chi connectivity index (χ0) is 12.7. The van der Waals surface area contributed by atoms with Crippen LogP contribution in [0.4, 0.5) is 5.69 Å². The molecule has 0 spiro atoms. The van der Waals surface area contributed by atoms with Gasteiger partial charge in [0.25, 0.3) is 0 Å². The summed E-state index contributed by atoms with van der Waals surface area (Å²) in [5.41, 5.74) is 4.83. The zero-order valence-electron chi connectivity index (χ0n) is 10.6. The third kappa shape index (κ3) is 6.04. The first kappa shape index (κ1) is 13.7. The van der Waals surface area contributed by atoms with E-state index in [0.29, 0.717) is 19.1 Å². The topological polar surface area (TPSA) is 50.4 Å². The van der Waals surface area contributed by atoms with E-state index in [1.165, 1.54) is 6.92 Å². The van der Waals surface area contributed by atoms with Crippen LogP contribution in [-0.2, 0) is 16.2 Å². The standard InChI is InChI=1S/C13H20N2O2/c1-10(2)9-17-14-8-12-4-6-13(7-5-12)15-11(3)16/h4-7,10,14H,8-9H2,1-3H3,(H,15,16). The molecular formula is C13H20N2O2. The van der Waals surface area contributed by atoms with E-state index in [9.17, 15) is 4.79 Å². The largest absolute Gasteiger partial charge is 0.326 e. The van der Waals surface area contributed by atoms with Crippen molar-refractivity contribution >= 4 is 11.6 Å². The number of rotatable bonds is 6. The maximum atomic E-state index is 10.8. The number of hydrogen-bond donors (Lipinski definition) is 2. The second-order valence-electron chi connectivity index (χ2n) is 4.40. The molecule has 0 aliphatic rings. The highest BCUT2D eigenvalue weighted by Gasteiger charge is 1.97. The van der Waals surface area contributed by atoms with E-state index in [0.717, 1.165) is 11.3 Å². The zero-order valence-corrected chi connectivity index (χ0v) is 10.6. The number of nitrogens with one attached hydrogen (secondary N) is 2. The van der Waals surface area contributed by atoms with Gasteiger partial charge in [0.05, 0.1) is 6.61 Å². The highest BCUT2D eigenvalue weighted by Crippen LogP contribution is 2.09. The molecule has 0 aliphatic heterocycles. The van der Waals surface area contributed by atoms with Gasteiger partial charge in [0.15, 0.2) is 0 Å². The third-order valence-electron chi connectivity index (χ3n) is 2.07. The van der Waals surface area contributed by atoms with Crippen LogP contribution in [-0.4, -0.2) is 12.5 Å². The van der Waals surface area contributed by atoms with E-state index in [2.05, 4.69) is 24.6 Å². The van der Waals surface area contributed by atoms with Crippen molar-refractivity contribution in [2.45, 2.75) is 27.3 Å². The number of hydroxylamine groups is 1. The van der Waals surface area contributed by atoms with E-state index in [-0.39, 0.29) is 5.91 Å². The summed E-state index contributed by atoms with van der Waals surface area (Å²) in [6.07, 6.45) is 0. The van der Waals surface area contributed by atoms with E-state index in [1.54, 1.807) is 0 Å². The van der Waals surface area contributed by atoms with Crippen LogP contribution >= 0.6 is 0 Å². The Labute approximate surface area is 102 Å². The molecule has 1 rings (SSSR count). The molecule has 0 heterocycles. The van der Waals surface area contributed by atoms with Gasteiger partial charge in [-0.1, -0.05) is 26.0 Å². The van der Waals surface area contributed by atoms with Crippen molar-refractivity contribution in [1.82, 2.24) is 5.48 Å². The molecule has 0 fully saturated rings. The number of hydrogen-bond acceptors (Lipinski definition) is 3. The Balaban J connectivity index is 2.32. The van der Waals surface area contributed by atoms with Gasteiger partial charge in [-0.05, 0) is 23.6 Å². The lowest BCUT2D eigenvalue weighted by atomic mass is 10.2. The van der Waals surface area contributed by atoms with Gasteiger partial charge in [-0.2, -0.15) is 5.48 Å². The lowest BCUT2D eigenvalue weighted by Gasteiger charge is -2.08. The Bertz CT molecular complexity index is 347. The number of amides is 1. The molecule has 4 nitrogen and oxygen atoms in total. The maximum absolute atomic E-state index is 10.8. The minimum Gasteiger partial charge on any atom is -0.326 e. The summed E-state index contributed by atoms with van der Waals surface area (Å²) in [6.45, 7) is 7.06. The summed E-state index contributed by atoms with van der Waals surface area (Å²) in [6, 6.07) is 7.66. The van der Waals surface area contributed by atoms with Crippen LogP contribution in [0.5, 0.6) is 0 Å². The average molecular weight is 236 g/mol. The van der Waals surface area contributed by atoms with E-state index in [4.69, 9.17) is 4.84 Å². The molecule has 17 heavy (non-hydrogen) atoms. The van der Waals surface area contributed by atoms with Gasteiger partial charge in [0.1, 0.15) is 0 Å². The first-order chi connectivity index (χ1) is 8.08. The minimum atomic E-state index is -0.0591. The number of carbonyl (C=O) groups is 1. The van der Waals surface area contributed by atoms with Gasteiger partial charge in [0.2, 0.25) is 5.91 Å². The van der Waals surface area contributed by atoms with Gasteiger partial charge in [0, 0.05) is 19.2 Å². The Kier molecular flexibility index (Phi) is 5.66. The van der Waals surface area contributed by atoms with E-state index in [1.807, 2.05) is 24.3 Å². The van der Waals surface area contributed by atoms with Gasteiger partial charge < -0.3 is 10.2 Å². The highest BCUT2D eigenvalue weighted by molar-refractivity contribution is 5.88. The van der Waals surface area contributed by atoms with Crippen LogP contribution in [0.15, 0.2) is 24.3 Å². The highest BCUT2D eigenvalue weighted by atomic mass is 16.6. The normalized spacial score (nSPS) is 10.6. The SMILES string of the molecule is CC(=O)Nc1ccc(CNOCC(C)C)cc1. The summed E-state index contributed by atoms with van der Waals surface area (Å²) >= 11 is 0. The third-order valence-corrected chi connectivity index (χ3v) is 2.07. The second-order valence-corrected chi connectivity index (χ2v) is 4.40. The maximum Gasteiger partial charge on any atom is 0.221 e. The van der Waals surface area contributed by atoms with Crippen molar-refractivity contribution < 1.29 is 9.63 Å². The number of carbonyl (C=O) groups excluding carboxylic acids is 1. The van der Waals surface area contributed by atoms with Crippen LogP contribution in [0.1, 0.15) is 26.3 Å². The van der Waals surface area contributed by atoms with Crippen molar-refractivity contribution in [3.63, 3.8) is 0 Å². The van der Waals surface area contributed by atoms with Crippen molar-refractivity contribution in [3.8, 4) is 0 Å². The predicted molar refractivity (Wildman–Crippen MR) is 68.4 cm³/mol. The minimum absolute atomic E-state index is 0.0591. The molecule has 94 valence electrons. The smallest absolute Gasteiger partial charge is 0.221 e. The second kappa shape index (κ2) is 7.04. The van der Waals surface area contributed by atoms with Crippen molar-refractivity contribution in [2.24, 2.45) is 5.92 Å². The summed E-state index contributed by atoms with van der Waals surface area (Å²) in [5, 5.41) is 2.72. The van der Waals surface area contributed by atoms with Crippen LogP contribution in [0, 0.1) is 5.92 Å². The van der Waals surface area contributed by atoms with Crippen LogP contribution < -0.4 is 10.8 Å². The first-order valence-corrected chi connectivity index (χ1v) is 5.79. The molecule has 2 N–H and O–H groups in total. The monoisotopic (exact) mass is 236 g/mol. The molecule has 0 aromatic heterocycles. The molecule has 0 saturated carbocycles. The van der Waals surface area contributed by atoms with Crippen LogP contribution in [0.3, 0.4) is 0 Å². The summed E-state index contributed by atoms with van der Waals surface area (Å²) in [4.78, 5) is 16.1. The summed E-state index contributed by atoms with van der Waals surface area (Å²) in [5.74, 6) is 0.459. The van der Waals surface area contributed by atoms with Crippen LogP contribution in [0.25, 0.3) is 0 Å². The van der Waals surface area contributed by atoms with Crippen LogP contribution in [0.2, 0.25) is 0 Å². The number of benzene rings is 1. The Morgan fingerprint density at radius 2 is 1.94 bits per heavy atom. The molecular weight excluding hydrogens is 216 g/mol. The molecule has 0 atom stereocenters. The molecule has 4 heteroatoms. The molecule has 1 aromatic carbocycles. The summed E-state index contributed by atoms with van der Waals surface area (Å²) < 4.78 is 0. The molecule has 0 bridgehead atoms. The fourth-order valence-corrected chi connectivity index (χ4v) is 1.27. The predicted octanol–water partition coefficient (Wildman–Crippen LogP) is 2.32. The molecule has 1 amide bonds. The van der Waals surface area contributed by atoms with E-state index < -0.39 is 0 Å². The fourth-order valence-electron chi connectivity index (χ4n) is 1.27. The molecule has 0 unspecified atom stereocenters. The lowest BCUT2D eigenvalue weighted by molar-refractivity contribution is -0.114. The van der Waals surface area contributed by atoms with Gasteiger partial charge in [-0.3, -0.25) is 4.79 Å². The molecule has 0 saturated heterocycles. The Morgan fingerprint density at radius 1 is 1.29 bits per heavy atom. The van der Waals surface area contributed by atoms with Gasteiger partial charge >= 0.3 is 0 Å². The quantitative estimate of drug-likeness (QED) is 0.588. The fraction of sp³-hybridized carbons (Fsp3) is 0.462. The first-order valence-electron chi connectivity index (χ1n) is 5.79. The summed E-state index contributed by atoms with van der Waals surface area (Å²) in [7, 11) is 0. The Hall–Kier alpha value is -1.39. The molecule has 0 radical (unpaired) electrons. The van der Waals surface area contributed by atoms with Crippen molar-refractivity contribution in [1.29, 1.82) is 0 Å². The Morgan fingerprint density at radius 3 is 2.47 bits per heavy atom. The van der Waals surface area contributed by atoms with Gasteiger partial charge in [-0.25, -0.2) is 0 Å². The average Bonchev–Trinajstić information content (AvgIpc) is 2.25. The van der Waals surface area contributed by atoms with Gasteiger partial charge in [-0.15, -0.1) is 0 Å². The van der Waals surface area contributed by atoms with E-state index >= 15 is 0 Å².